The number of thiazole rings is 1. The average molecular weight is 301 g/mol. The molecule has 20 heavy (non-hydrogen) atoms. The summed E-state index contributed by atoms with van der Waals surface area (Å²) in [6.45, 7) is 0.805. The molecule has 1 aliphatic rings. The quantitative estimate of drug-likeness (QED) is 0.817. The molecule has 1 fully saturated rings. The maximum Gasteiger partial charge on any atom is 0.391 e. The Balaban J connectivity index is 1.76. The fraction of sp³-hybridized carbons (Fsp3) is 0.462. The van der Waals surface area contributed by atoms with Gasteiger partial charge in [-0.15, -0.1) is 0 Å². The Morgan fingerprint density at radius 1 is 1.25 bits per heavy atom. The molecule has 0 amide bonds. The van der Waals surface area contributed by atoms with Gasteiger partial charge >= 0.3 is 6.18 Å². The Bertz CT molecular complexity index is 615. The van der Waals surface area contributed by atoms with Gasteiger partial charge in [0, 0.05) is 18.8 Å². The van der Waals surface area contributed by atoms with Crippen molar-refractivity contribution in [3.05, 3.63) is 18.2 Å². The summed E-state index contributed by atoms with van der Waals surface area (Å²) < 4.78 is 38.9. The van der Waals surface area contributed by atoms with E-state index in [4.69, 9.17) is 5.73 Å². The van der Waals surface area contributed by atoms with Gasteiger partial charge in [-0.2, -0.15) is 13.2 Å². The molecule has 0 saturated carbocycles. The number of alkyl halides is 3. The Hall–Kier alpha value is -1.50. The average Bonchev–Trinajstić information content (AvgIpc) is 2.80. The number of hydrogen-bond donors (Lipinski definition) is 1. The number of anilines is 2. The van der Waals surface area contributed by atoms with Crippen LogP contribution in [-0.2, 0) is 0 Å². The van der Waals surface area contributed by atoms with E-state index in [0.717, 1.165) is 15.3 Å². The summed E-state index contributed by atoms with van der Waals surface area (Å²) in [6, 6.07) is 5.47. The molecule has 0 unspecified atom stereocenters. The van der Waals surface area contributed by atoms with Crippen molar-refractivity contribution >= 4 is 32.4 Å². The Morgan fingerprint density at radius 2 is 1.95 bits per heavy atom. The lowest BCUT2D eigenvalue weighted by Gasteiger charge is -2.32. The number of benzene rings is 1. The van der Waals surface area contributed by atoms with E-state index in [9.17, 15) is 13.2 Å². The van der Waals surface area contributed by atoms with E-state index in [1.807, 2.05) is 17.0 Å². The van der Waals surface area contributed by atoms with E-state index in [0.29, 0.717) is 18.8 Å². The highest BCUT2D eigenvalue weighted by molar-refractivity contribution is 7.22. The molecule has 1 aromatic carbocycles. The van der Waals surface area contributed by atoms with Crippen molar-refractivity contribution in [1.29, 1.82) is 0 Å². The van der Waals surface area contributed by atoms with Crippen LogP contribution in [0.2, 0.25) is 0 Å². The number of nitrogens with zero attached hydrogens (tertiary/aromatic N) is 2. The van der Waals surface area contributed by atoms with Crippen LogP contribution >= 0.6 is 11.3 Å². The van der Waals surface area contributed by atoms with E-state index < -0.39 is 12.1 Å². The van der Waals surface area contributed by atoms with Crippen LogP contribution in [0.3, 0.4) is 0 Å². The van der Waals surface area contributed by atoms with Gasteiger partial charge in [-0.3, -0.25) is 0 Å². The lowest BCUT2D eigenvalue weighted by atomic mass is 9.97. The Labute approximate surface area is 118 Å². The molecule has 0 bridgehead atoms. The first-order valence-electron chi connectivity index (χ1n) is 6.41. The van der Waals surface area contributed by atoms with Crippen LogP contribution in [0.1, 0.15) is 12.8 Å². The van der Waals surface area contributed by atoms with Gasteiger partial charge in [0.15, 0.2) is 5.13 Å². The molecule has 7 heteroatoms. The molecule has 0 radical (unpaired) electrons. The van der Waals surface area contributed by atoms with Crippen LogP contribution in [-0.4, -0.2) is 24.2 Å². The van der Waals surface area contributed by atoms with Crippen LogP contribution in [0.15, 0.2) is 18.2 Å². The fourth-order valence-corrected chi connectivity index (χ4v) is 3.53. The van der Waals surface area contributed by atoms with E-state index in [1.165, 1.54) is 11.3 Å². The van der Waals surface area contributed by atoms with E-state index in [1.54, 1.807) is 6.07 Å². The van der Waals surface area contributed by atoms with E-state index in [2.05, 4.69) is 4.98 Å². The monoisotopic (exact) mass is 301 g/mol. The van der Waals surface area contributed by atoms with Crippen LogP contribution in [0.5, 0.6) is 0 Å². The normalized spacial score (nSPS) is 17.9. The first-order chi connectivity index (χ1) is 9.43. The van der Waals surface area contributed by atoms with Crippen LogP contribution < -0.4 is 10.6 Å². The summed E-state index contributed by atoms with van der Waals surface area (Å²) in [5.41, 5.74) is 7.23. The number of halogens is 3. The zero-order chi connectivity index (χ0) is 14.3. The van der Waals surface area contributed by atoms with Gasteiger partial charge in [0.2, 0.25) is 0 Å². The number of fused-ring (bicyclic) bond motifs is 1. The summed E-state index contributed by atoms with van der Waals surface area (Å²) in [7, 11) is 0. The third kappa shape index (κ3) is 2.54. The number of rotatable bonds is 1. The minimum Gasteiger partial charge on any atom is -0.399 e. The molecule has 1 aliphatic heterocycles. The van der Waals surface area contributed by atoms with Crippen molar-refractivity contribution in [3.8, 4) is 0 Å². The second kappa shape index (κ2) is 4.80. The minimum atomic E-state index is -4.08. The second-order valence-electron chi connectivity index (χ2n) is 5.03. The molecule has 0 aliphatic carbocycles. The summed E-state index contributed by atoms with van der Waals surface area (Å²) in [5.74, 6) is -1.18. The molecule has 0 atom stereocenters. The molecule has 3 nitrogen and oxygen atoms in total. The van der Waals surface area contributed by atoms with Crippen LogP contribution in [0.25, 0.3) is 10.2 Å². The largest absolute Gasteiger partial charge is 0.399 e. The van der Waals surface area contributed by atoms with Crippen molar-refractivity contribution in [2.24, 2.45) is 5.92 Å². The van der Waals surface area contributed by atoms with Gasteiger partial charge in [0.25, 0.3) is 0 Å². The van der Waals surface area contributed by atoms with Crippen molar-refractivity contribution in [2.75, 3.05) is 23.7 Å². The predicted molar refractivity (Wildman–Crippen MR) is 75.0 cm³/mol. The summed E-state index contributed by atoms with van der Waals surface area (Å²) in [5, 5.41) is 0.784. The van der Waals surface area contributed by atoms with Crippen LogP contribution in [0.4, 0.5) is 24.0 Å². The third-order valence-electron chi connectivity index (χ3n) is 3.63. The highest BCUT2D eigenvalue weighted by atomic mass is 32.1. The number of hydrogen-bond acceptors (Lipinski definition) is 4. The van der Waals surface area contributed by atoms with Crippen molar-refractivity contribution < 1.29 is 13.2 Å². The molecule has 108 valence electrons. The molecule has 3 rings (SSSR count). The number of nitrogen functional groups attached to an aromatic ring is 1. The zero-order valence-electron chi connectivity index (χ0n) is 10.7. The molecule has 0 spiro atoms. The van der Waals surface area contributed by atoms with Gasteiger partial charge in [-0.05, 0) is 31.0 Å². The standard InChI is InChI=1S/C13H14F3N3S/c14-13(15,16)8-3-5-19(6-4-8)12-18-10-2-1-9(17)7-11(10)20-12/h1-2,7-8H,3-6,17H2. The number of aromatic nitrogens is 1. The topological polar surface area (TPSA) is 42.1 Å². The smallest absolute Gasteiger partial charge is 0.391 e. The second-order valence-corrected chi connectivity index (χ2v) is 6.04. The van der Waals surface area contributed by atoms with E-state index in [-0.39, 0.29) is 12.8 Å². The molecular weight excluding hydrogens is 287 g/mol. The molecule has 2 heterocycles. The zero-order valence-corrected chi connectivity index (χ0v) is 11.5. The molecular formula is C13H14F3N3S. The third-order valence-corrected chi connectivity index (χ3v) is 4.71. The first kappa shape index (κ1) is 13.5. The van der Waals surface area contributed by atoms with Gasteiger partial charge in [0.1, 0.15) is 0 Å². The number of nitrogens with two attached hydrogens (primary N) is 1. The number of piperidine rings is 1. The minimum absolute atomic E-state index is 0.140. The summed E-state index contributed by atoms with van der Waals surface area (Å²) in [6.07, 6.45) is -3.79. The highest BCUT2D eigenvalue weighted by Crippen LogP contribution is 2.37. The van der Waals surface area contributed by atoms with Gasteiger partial charge in [-0.1, -0.05) is 11.3 Å². The predicted octanol–water partition coefficient (Wildman–Crippen LogP) is 3.66. The van der Waals surface area contributed by atoms with Crippen LogP contribution in [0, 0.1) is 5.92 Å². The molecule has 2 aromatic rings. The lowest BCUT2D eigenvalue weighted by Crippen LogP contribution is -2.38. The van der Waals surface area contributed by atoms with E-state index >= 15 is 0 Å². The Kier molecular flexibility index (Phi) is 3.24. The molecule has 1 aromatic heterocycles. The fourth-order valence-electron chi connectivity index (χ4n) is 2.46. The summed E-state index contributed by atoms with van der Waals surface area (Å²) >= 11 is 1.48. The van der Waals surface area contributed by atoms with Crippen molar-refractivity contribution in [2.45, 2.75) is 19.0 Å². The maximum atomic E-state index is 12.6. The molecule has 2 N–H and O–H groups in total. The molecule has 1 saturated heterocycles. The van der Waals surface area contributed by atoms with Gasteiger partial charge in [0.05, 0.1) is 16.1 Å². The SMILES string of the molecule is Nc1ccc2nc(N3CCC(C(F)(F)F)CC3)sc2c1. The maximum absolute atomic E-state index is 12.6. The van der Waals surface area contributed by atoms with Gasteiger partial charge in [-0.25, -0.2) is 4.98 Å². The Morgan fingerprint density at radius 3 is 2.60 bits per heavy atom. The van der Waals surface area contributed by atoms with Crippen molar-refractivity contribution in [3.63, 3.8) is 0 Å². The summed E-state index contributed by atoms with van der Waals surface area (Å²) in [4.78, 5) is 6.41. The van der Waals surface area contributed by atoms with Gasteiger partial charge < -0.3 is 10.6 Å². The van der Waals surface area contributed by atoms with Crippen molar-refractivity contribution in [1.82, 2.24) is 4.98 Å². The lowest BCUT2D eigenvalue weighted by molar-refractivity contribution is -0.179. The first-order valence-corrected chi connectivity index (χ1v) is 7.23. The highest BCUT2D eigenvalue weighted by Gasteiger charge is 2.41.